The molecular formula is C40H46N4O6S. The van der Waals surface area contributed by atoms with E-state index in [9.17, 15) is 19.5 Å². The van der Waals surface area contributed by atoms with Crippen molar-refractivity contribution in [1.82, 2.24) is 5.32 Å². The van der Waals surface area contributed by atoms with Gasteiger partial charge in [-0.2, -0.15) is 0 Å². The van der Waals surface area contributed by atoms with Crippen molar-refractivity contribution in [1.29, 1.82) is 0 Å². The molecule has 10 nitrogen and oxygen atoms in total. The number of nitrogens with two attached hydrogens (primary N) is 1. The summed E-state index contributed by atoms with van der Waals surface area (Å²) in [5, 5.41) is 18.1. The fourth-order valence-electron chi connectivity index (χ4n) is 5.70. The summed E-state index contributed by atoms with van der Waals surface area (Å²) in [6.07, 6.45) is 2.75. The maximum absolute atomic E-state index is 12.5. The van der Waals surface area contributed by atoms with E-state index in [0.29, 0.717) is 55.8 Å². The number of anilines is 3. The van der Waals surface area contributed by atoms with Crippen LogP contribution in [0.15, 0.2) is 102 Å². The van der Waals surface area contributed by atoms with Gasteiger partial charge in [0.1, 0.15) is 0 Å². The summed E-state index contributed by atoms with van der Waals surface area (Å²) in [6, 6.07) is 30.6. The Morgan fingerprint density at radius 3 is 2.14 bits per heavy atom. The molecule has 1 saturated heterocycles. The van der Waals surface area contributed by atoms with Crippen molar-refractivity contribution >= 4 is 46.5 Å². The first-order valence-corrected chi connectivity index (χ1v) is 18.2. The molecule has 4 aromatic rings. The van der Waals surface area contributed by atoms with Crippen LogP contribution in [0.4, 0.5) is 17.1 Å². The van der Waals surface area contributed by atoms with Gasteiger partial charge in [-0.25, -0.2) is 0 Å². The Bertz CT molecular complexity index is 1730. The molecule has 268 valence electrons. The molecule has 11 heteroatoms. The van der Waals surface area contributed by atoms with Crippen LogP contribution in [-0.2, 0) is 37.0 Å². The monoisotopic (exact) mass is 710 g/mol. The molecule has 1 heterocycles. The quantitative estimate of drug-likeness (QED) is 0.0463. The molecule has 1 fully saturated rings. The Hall–Kier alpha value is -4.68. The number of rotatable bonds is 16. The molecule has 3 atom stereocenters. The highest BCUT2D eigenvalue weighted by Crippen LogP contribution is 2.39. The van der Waals surface area contributed by atoms with Gasteiger partial charge in [-0.15, -0.1) is 11.8 Å². The van der Waals surface area contributed by atoms with Crippen molar-refractivity contribution in [3.8, 4) is 0 Å². The van der Waals surface area contributed by atoms with Crippen LogP contribution in [0.5, 0.6) is 0 Å². The summed E-state index contributed by atoms with van der Waals surface area (Å²) in [5.41, 5.74) is 11.5. The summed E-state index contributed by atoms with van der Waals surface area (Å²) >= 11 is 1.69. The lowest BCUT2D eigenvalue weighted by atomic mass is 10.0. The number of unbranched alkanes of at least 4 members (excludes halogenated alkanes) is 2. The van der Waals surface area contributed by atoms with E-state index in [1.54, 1.807) is 23.9 Å². The lowest BCUT2D eigenvalue weighted by Gasteiger charge is -2.36. The molecule has 0 unspecified atom stereocenters. The Balaban J connectivity index is 1.09. The maximum Gasteiger partial charge on any atom is 0.224 e. The van der Waals surface area contributed by atoms with E-state index >= 15 is 0 Å². The van der Waals surface area contributed by atoms with Crippen LogP contribution in [0.1, 0.15) is 80.1 Å². The number of nitrogen functional groups attached to an aromatic ring is 1. The number of ether oxygens (including phenoxy) is 2. The number of aliphatic hydroxyl groups is 1. The third-order valence-corrected chi connectivity index (χ3v) is 9.65. The minimum atomic E-state index is -0.579. The van der Waals surface area contributed by atoms with E-state index in [2.05, 4.69) is 16.0 Å². The van der Waals surface area contributed by atoms with Gasteiger partial charge in [0.15, 0.2) is 6.29 Å². The van der Waals surface area contributed by atoms with Gasteiger partial charge in [-0.1, -0.05) is 67.1 Å². The van der Waals surface area contributed by atoms with Gasteiger partial charge >= 0.3 is 0 Å². The standard InChI is InChI=1S/C40H46N4O6S/c1-27(46)43-32-19-21-34(22-20-32)51-26-33-23-37(30-15-13-29(25-45)14-16-30)50-40(49-33)31-17-11-28(12-18-31)24-42-38(47)9-3-2-4-10-39(48)44-36-8-6-5-7-35(36)41/h5-8,11-22,33,37,40,45H,2-4,9-10,23-26,41H2,1H3,(H,42,47)(H,43,46)(H,44,48)/t33-,37+,40+/m0/s1. The molecule has 5 rings (SSSR count). The number of carbonyl (C=O) groups is 3. The minimum absolute atomic E-state index is 0.0173. The van der Waals surface area contributed by atoms with Crippen molar-refractivity contribution in [3.63, 3.8) is 0 Å². The van der Waals surface area contributed by atoms with Crippen LogP contribution in [-0.4, -0.2) is 34.7 Å². The highest BCUT2D eigenvalue weighted by Gasteiger charge is 2.32. The summed E-state index contributed by atoms with van der Waals surface area (Å²) in [5.74, 6) is 0.494. The van der Waals surface area contributed by atoms with Crippen molar-refractivity contribution < 1.29 is 29.0 Å². The van der Waals surface area contributed by atoms with Crippen LogP contribution in [0, 0.1) is 0 Å². The number of amides is 3. The van der Waals surface area contributed by atoms with Gasteiger partial charge in [-0.3, -0.25) is 14.4 Å². The van der Waals surface area contributed by atoms with Gasteiger partial charge in [0, 0.05) is 54.6 Å². The van der Waals surface area contributed by atoms with E-state index in [1.165, 1.54) is 6.92 Å². The number of para-hydroxylation sites is 2. The second-order valence-electron chi connectivity index (χ2n) is 12.6. The van der Waals surface area contributed by atoms with Gasteiger partial charge in [0.05, 0.1) is 30.2 Å². The highest BCUT2D eigenvalue weighted by atomic mass is 32.2. The first-order chi connectivity index (χ1) is 24.7. The number of hydrogen-bond acceptors (Lipinski definition) is 8. The van der Waals surface area contributed by atoms with E-state index in [4.69, 9.17) is 15.2 Å². The molecule has 1 aliphatic heterocycles. The van der Waals surface area contributed by atoms with Gasteiger partial charge in [-0.05, 0) is 65.9 Å². The van der Waals surface area contributed by atoms with Gasteiger partial charge in [0.2, 0.25) is 17.7 Å². The number of benzene rings is 4. The van der Waals surface area contributed by atoms with Crippen LogP contribution in [0.2, 0.25) is 0 Å². The minimum Gasteiger partial charge on any atom is -0.397 e. The van der Waals surface area contributed by atoms with Crippen molar-refractivity contribution in [2.75, 3.05) is 22.1 Å². The summed E-state index contributed by atoms with van der Waals surface area (Å²) in [4.78, 5) is 37.1. The maximum atomic E-state index is 12.5. The van der Waals surface area contributed by atoms with E-state index in [-0.39, 0.29) is 36.5 Å². The fourth-order valence-corrected chi connectivity index (χ4v) is 6.62. The zero-order chi connectivity index (χ0) is 36.0. The second-order valence-corrected chi connectivity index (χ2v) is 13.7. The smallest absolute Gasteiger partial charge is 0.224 e. The molecule has 4 aromatic carbocycles. The number of hydrogen-bond donors (Lipinski definition) is 5. The zero-order valence-corrected chi connectivity index (χ0v) is 29.6. The lowest BCUT2D eigenvalue weighted by molar-refractivity contribution is -0.245. The van der Waals surface area contributed by atoms with Crippen LogP contribution < -0.4 is 21.7 Å². The average Bonchev–Trinajstić information content (AvgIpc) is 3.14. The molecular weight excluding hydrogens is 665 g/mol. The predicted molar refractivity (Wildman–Crippen MR) is 201 cm³/mol. The first kappa shape index (κ1) is 37.6. The molecule has 3 amide bonds. The topological polar surface area (TPSA) is 152 Å². The van der Waals surface area contributed by atoms with Crippen LogP contribution in [0.25, 0.3) is 0 Å². The summed E-state index contributed by atoms with van der Waals surface area (Å²) in [7, 11) is 0. The third-order valence-electron chi connectivity index (χ3n) is 8.51. The average molecular weight is 711 g/mol. The normalized spacial score (nSPS) is 17.0. The predicted octanol–water partition coefficient (Wildman–Crippen LogP) is 7.26. The molecule has 0 saturated carbocycles. The SMILES string of the molecule is CC(=O)Nc1ccc(SC[C@@H]2C[C@H](c3ccc(CO)cc3)O[C@H](c3ccc(CNC(=O)CCCCCC(=O)Nc4ccccc4N)cc3)O2)cc1. The molecule has 0 aliphatic carbocycles. The Morgan fingerprint density at radius 2 is 1.45 bits per heavy atom. The summed E-state index contributed by atoms with van der Waals surface area (Å²) in [6.45, 7) is 1.88. The number of carbonyl (C=O) groups excluding carboxylic acids is 3. The fraction of sp³-hybridized carbons (Fsp3) is 0.325. The van der Waals surface area contributed by atoms with Crippen LogP contribution >= 0.6 is 11.8 Å². The third kappa shape index (κ3) is 12.0. The van der Waals surface area contributed by atoms with E-state index in [0.717, 1.165) is 39.3 Å². The molecule has 6 N–H and O–H groups in total. The summed E-state index contributed by atoms with van der Waals surface area (Å²) < 4.78 is 13.0. The first-order valence-electron chi connectivity index (χ1n) is 17.3. The van der Waals surface area contributed by atoms with Crippen LogP contribution in [0.3, 0.4) is 0 Å². The molecule has 0 bridgehead atoms. The zero-order valence-electron chi connectivity index (χ0n) is 28.8. The van der Waals surface area contributed by atoms with E-state index < -0.39 is 6.29 Å². The van der Waals surface area contributed by atoms with Crippen molar-refractivity contribution in [3.05, 3.63) is 119 Å². The van der Waals surface area contributed by atoms with Gasteiger partial charge in [0.25, 0.3) is 0 Å². The Labute approximate surface area is 303 Å². The molecule has 0 radical (unpaired) electrons. The lowest BCUT2D eigenvalue weighted by Crippen LogP contribution is -2.31. The highest BCUT2D eigenvalue weighted by molar-refractivity contribution is 7.99. The molecule has 1 aliphatic rings. The largest absolute Gasteiger partial charge is 0.397 e. The Morgan fingerprint density at radius 1 is 0.784 bits per heavy atom. The van der Waals surface area contributed by atoms with Crippen molar-refractivity contribution in [2.24, 2.45) is 0 Å². The number of aliphatic hydroxyl groups excluding tert-OH is 1. The molecule has 0 aromatic heterocycles. The Kier molecular flexibility index (Phi) is 14.1. The molecule has 51 heavy (non-hydrogen) atoms. The van der Waals surface area contributed by atoms with Crippen molar-refractivity contribution in [2.45, 2.75) is 82.0 Å². The second kappa shape index (κ2) is 19.1. The van der Waals surface area contributed by atoms with E-state index in [1.807, 2.05) is 84.9 Å². The number of thioether (sulfide) groups is 1. The number of nitrogens with one attached hydrogen (secondary N) is 3. The molecule has 0 spiro atoms. The van der Waals surface area contributed by atoms with Gasteiger partial charge < -0.3 is 36.3 Å².